The third kappa shape index (κ3) is 4.27. The highest BCUT2D eigenvalue weighted by Gasteiger charge is 2.12. The lowest BCUT2D eigenvalue weighted by Gasteiger charge is -2.10. The number of nitrogens with two attached hydrogens (primary N) is 1. The van der Waals surface area contributed by atoms with E-state index in [1.807, 2.05) is 0 Å². The summed E-state index contributed by atoms with van der Waals surface area (Å²) in [5.74, 6) is 0.405. The van der Waals surface area contributed by atoms with Gasteiger partial charge in [-0.1, -0.05) is 11.6 Å². The minimum absolute atomic E-state index is 0. The lowest BCUT2D eigenvalue weighted by atomic mass is 10.2. The van der Waals surface area contributed by atoms with E-state index in [2.05, 4.69) is 15.1 Å². The first-order valence-electron chi connectivity index (χ1n) is 6.13. The van der Waals surface area contributed by atoms with Crippen LogP contribution in [0.4, 0.5) is 0 Å². The van der Waals surface area contributed by atoms with Crippen LogP contribution in [0.5, 0.6) is 5.88 Å². The number of aromatic nitrogens is 3. The van der Waals surface area contributed by atoms with Crippen LogP contribution in [0.3, 0.4) is 0 Å². The highest BCUT2D eigenvalue weighted by Crippen LogP contribution is 2.27. The fourth-order valence-corrected chi connectivity index (χ4v) is 2.09. The number of rotatable bonds is 5. The maximum absolute atomic E-state index is 6.00. The van der Waals surface area contributed by atoms with E-state index in [4.69, 9.17) is 26.6 Å². The molecule has 0 bridgehead atoms. The molecule has 0 spiro atoms. The van der Waals surface area contributed by atoms with E-state index in [1.54, 1.807) is 30.7 Å². The number of fused-ring (bicyclic) bond motifs is 1. The molecule has 0 saturated carbocycles. The zero-order valence-electron chi connectivity index (χ0n) is 11.4. The summed E-state index contributed by atoms with van der Waals surface area (Å²) in [7, 11) is 0. The van der Waals surface area contributed by atoms with Crippen molar-refractivity contribution in [3.05, 3.63) is 41.4 Å². The number of nitrogens with one attached hydrogen (secondary N) is 1. The van der Waals surface area contributed by atoms with Crippen LogP contribution in [0.2, 0.25) is 5.02 Å². The molecule has 2 heterocycles. The number of halogens is 3. The SMILES string of the molecule is Cl.Cl.NC(COc1noc2ccc(Cl)cc12)Cc1cnc[nH]1. The quantitative estimate of drug-likeness (QED) is 0.725. The van der Waals surface area contributed by atoms with Gasteiger partial charge in [-0.25, -0.2) is 4.98 Å². The molecule has 1 aromatic carbocycles. The second-order valence-electron chi connectivity index (χ2n) is 4.48. The smallest absolute Gasteiger partial charge is 0.262 e. The predicted octanol–water partition coefficient (Wildman–Crippen LogP) is 3.00. The summed E-state index contributed by atoms with van der Waals surface area (Å²) in [6.07, 6.45) is 4.01. The van der Waals surface area contributed by atoms with Crippen LogP contribution in [-0.2, 0) is 6.42 Å². The predicted molar refractivity (Wildman–Crippen MR) is 89.3 cm³/mol. The summed E-state index contributed by atoms with van der Waals surface area (Å²) in [4.78, 5) is 6.94. The van der Waals surface area contributed by atoms with Gasteiger partial charge in [-0.15, -0.1) is 24.8 Å². The Morgan fingerprint density at radius 1 is 1.36 bits per heavy atom. The normalized spacial score (nSPS) is 11.5. The average molecular weight is 366 g/mol. The first-order chi connectivity index (χ1) is 9.72. The second kappa shape index (κ2) is 8.24. The molecule has 3 N–H and O–H groups in total. The molecule has 0 aliphatic carbocycles. The molecule has 6 nitrogen and oxygen atoms in total. The van der Waals surface area contributed by atoms with Gasteiger partial charge < -0.3 is 20.0 Å². The minimum Gasteiger partial charge on any atom is -0.473 e. The molecule has 22 heavy (non-hydrogen) atoms. The molecular weight excluding hydrogens is 351 g/mol. The molecule has 0 radical (unpaired) electrons. The third-order valence-corrected chi connectivity index (χ3v) is 3.11. The van der Waals surface area contributed by atoms with E-state index in [9.17, 15) is 0 Å². The molecule has 1 unspecified atom stereocenters. The Morgan fingerprint density at radius 3 is 2.91 bits per heavy atom. The fraction of sp³-hybridized carbons (Fsp3) is 0.231. The van der Waals surface area contributed by atoms with E-state index in [0.29, 0.717) is 29.5 Å². The van der Waals surface area contributed by atoms with Crippen LogP contribution >= 0.6 is 36.4 Å². The van der Waals surface area contributed by atoms with E-state index in [-0.39, 0.29) is 30.9 Å². The van der Waals surface area contributed by atoms with Crippen molar-refractivity contribution < 1.29 is 9.26 Å². The molecule has 0 fully saturated rings. The fourth-order valence-electron chi connectivity index (χ4n) is 1.92. The lowest BCUT2D eigenvalue weighted by Crippen LogP contribution is -2.30. The molecule has 0 saturated heterocycles. The summed E-state index contributed by atoms with van der Waals surface area (Å²) < 4.78 is 10.8. The first-order valence-corrected chi connectivity index (χ1v) is 6.51. The number of hydrogen-bond donors (Lipinski definition) is 2. The number of ether oxygens (including phenoxy) is 1. The van der Waals surface area contributed by atoms with E-state index < -0.39 is 0 Å². The van der Waals surface area contributed by atoms with Crippen LogP contribution in [0.15, 0.2) is 35.2 Å². The van der Waals surface area contributed by atoms with Crippen molar-refractivity contribution in [3.8, 4) is 5.88 Å². The van der Waals surface area contributed by atoms with Crippen molar-refractivity contribution in [1.29, 1.82) is 0 Å². The molecule has 0 aliphatic heterocycles. The highest BCUT2D eigenvalue weighted by atomic mass is 35.5. The standard InChI is InChI=1S/C13H13ClN4O2.2ClH/c14-8-1-2-12-11(3-8)13(18-20-12)19-6-9(15)4-10-5-16-7-17-10;;/h1-3,5,7,9H,4,6,15H2,(H,16,17);2*1H. The Kier molecular flexibility index (Phi) is 6.96. The third-order valence-electron chi connectivity index (χ3n) is 2.87. The Hall–Kier alpha value is -1.47. The van der Waals surface area contributed by atoms with Gasteiger partial charge >= 0.3 is 0 Å². The maximum Gasteiger partial charge on any atom is 0.262 e. The molecule has 3 aromatic rings. The zero-order chi connectivity index (χ0) is 13.9. The molecule has 1 atom stereocenters. The van der Waals surface area contributed by atoms with E-state index in [1.165, 1.54) is 0 Å². The number of imidazole rings is 1. The van der Waals surface area contributed by atoms with Gasteiger partial charge in [-0.3, -0.25) is 0 Å². The monoisotopic (exact) mass is 364 g/mol. The zero-order valence-corrected chi connectivity index (χ0v) is 13.7. The summed E-state index contributed by atoms with van der Waals surface area (Å²) >= 11 is 5.94. The van der Waals surface area contributed by atoms with E-state index in [0.717, 1.165) is 11.1 Å². The number of aromatic amines is 1. The Balaban J connectivity index is 0.00000121. The summed E-state index contributed by atoms with van der Waals surface area (Å²) in [5, 5.41) is 5.22. The molecular formula is C13H15Cl3N4O2. The molecule has 120 valence electrons. The van der Waals surface area contributed by atoms with Crippen molar-refractivity contribution >= 4 is 47.4 Å². The highest BCUT2D eigenvalue weighted by molar-refractivity contribution is 6.31. The summed E-state index contributed by atoms with van der Waals surface area (Å²) in [6, 6.07) is 5.08. The number of H-pyrrole nitrogens is 1. The lowest BCUT2D eigenvalue weighted by molar-refractivity contribution is 0.261. The summed E-state index contributed by atoms with van der Waals surface area (Å²) in [5.41, 5.74) is 7.60. The van der Waals surface area contributed by atoms with Crippen LogP contribution in [0.25, 0.3) is 11.0 Å². The van der Waals surface area contributed by atoms with Gasteiger partial charge in [0, 0.05) is 29.4 Å². The molecule has 0 amide bonds. The Morgan fingerprint density at radius 2 is 2.18 bits per heavy atom. The largest absolute Gasteiger partial charge is 0.473 e. The summed E-state index contributed by atoms with van der Waals surface area (Å²) in [6.45, 7) is 0.327. The molecule has 9 heteroatoms. The van der Waals surface area contributed by atoms with Crippen LogP contribution < -0.4 is 10.5 Å². The number of hydrogen-bond acceptors (Lipinski definition) is 5. The first kappa shape index (κ1) is 18.6. The van der Waals surface area contributed by atoms with Crippen molar-refractivity contribution in [2.75, 3.05) is 6.61 Å². The van der Waals surface area contributed by atoms with Crippen molar-refractivity contribution in [2.24, 2.45) is 5.73 Å². The van der Waals surface area contributed by atoms with Gasteiger partial charge in [0.05, 0.1) is 11.7 Å². The van der Waals surface area contributed by atoms with Gasteiger partial charge in [-0.2, -0.15) is 0 Å². The van der Waals surface area contributed by atoms with Gasteiger partial charge in [-0.05, 0) is 23.4 Å². The Labute approximate surface area is 144 Å². The van der Waals surface area contributed by atoms with Gasteiger partial charge in [0.1, 0.15) is 6.61 Å². The topological polar surface area (TPSA) is 90.0 Å². The van der Waals surface area contributed by atoms with E-state index >= 15 is 0 Å². The average Bonchev–Trinajstić information content (AvgIpc) is 3.05. The van der Waals surface area contributed by atoms with Crippen molar-refractivity contribution in [2.45, 2.75) is 12.5 Å². The van der Waals surface area contributed by atoms with Crippen molar-refractivity contribution in [1.82, 2.24) is 15.1 Å². The minimum atomic E-state index is -0.165. The van der Waals surface area contributed by atoms with Crippen molar-refractivity contribution in [3.63, 3.8) is 0 Å². The molecule has 0 aliphatic rings. The molecule has 2 aromatic heterocycles. The number of benzene rings is 1. The second-order valence-corrected chi connectivity index (χ2v) is 4.92. The molecule has 3 rings (SSSR count). The van der Waals surface area contributed by atoms with Crippen LogP contribution in [0, 0.1) is 0 Å². The number of nitrogens with zero attached hydrogens (tertiary/aromatic N) is 2. The van der Waals surface area contributed by atoms with Gasteiger partial charge in [0.2, 0.25) is 0 Å². The van der Waals surface area contributed by atoms with Gasteiger partial charge in [0.25, 0.3) is 5.88 Å². The van der Waals surface area contributed by atoms with Gasteiger partial charge in [0.15, 0.2) is 5.58 Å². The van der Waals surface area contributed by atoms with Crippen LogP contribution in [0.1, 0.15) is 5.69 Å². The Bertz CT molecular complexity index is 702. The maximum atomic E-state index is 6.00. The van der Waals surface area contributed by atoms with Crippen LogP contribution in [-0.4, -0.2) is 27.8 Å².